The van der Waals surface area contributed by atoms with Crippen LogP contribution in [0, 0.1) is 12.7 Å². The summed E-state index contributed by atoms with van der Waals surface area (Å²) >= 11 is 0. The number of aryl methyl sites for hydroxylation is 1. The van der Waals surface area contributed by atoms with E-state index in [1.165, 1.54) is 17.2 Å². The third kappa shape index (κ3) is 3.82. The molecule has 2 aromatic rings. The van der Waals surface area contributed by atoms with E-state index in [2.05, 4.69) is 43.4 Å². The second-order valence-electron chi connectivity index (χ2n) is 5.46. The van der Waals surface area contributed by atoms with Crippen molar-refractivity contribution in [2.24, 2.45) is 0 Å². The lowest BCUT2D eigenvalue weighted by molar-refractivity contribution is 0.421. The van der Waals surface area contributed by atoms with Crippen molar-refractivity contribution in [2.45, 2.75) is 39.3 Å². The smallest absolute Gasteiger partial charge is 0.126 e. The Morgan fingerprint density at radius 3 is 2.38 bits per heavy atom. The quantitative estimate of drug-likeness (QED) is 0.839. The van der Waals surface area contributed by atoms with Crippen molar-refractivity contribution in [1.82, 2.24) is 5.32 Å². The first-order valence-electron chi connectivity index (χ1n) is 7.32. The van der Waals surface area contributed by atoms with Crippen LogP contribution in [0.25, 0.3) is 0 Å². The molecule has 0 aromatic heterocycles. The van der Waals surface area contributed by atoms with Gasteiger partial charge in [0.25, 0.3) is 0 Å². The Kier molecular flexibility index (Phi) is 4.97. The maximum atomic E-state index is 13.1. The standard InChI is InChI=1S/C18H22FNO/c1-4-17(14-7-5-12(2)6-8-14)20-13(3)16-10-9-15(19)11-18(16)21/h5-11,13,17,20-21H,4H2,1-3H3. The first-order chi connectivity index (χ1) is 10.0. The van der Waals surface area contributed by atoms with Gasteiger partial charge < -0.3 is 10.4 Å². The van der Waals surface area contributed by atoms with Crippen LogP contribution in [-0.4, -0.2) is 5.11 Å². The van der Waals surface area contributed by atoms with E-state index in [0.29, 0.717) is 5.56 Å². The summed E-state index contributed by atoms with van der Waals surface area (Å²) in [5.41, 5.74) is 3.16. The van der Waals surface area contributed by atoms with Gasteiger partial charge in [0.15, 0.2) is 0 Å². The molecule has 0 saturated carbocycles. The number of nitrogens with one attached hydrogen (secondary N) is 1. The number of rotatable bonds is 5. The van der Waals surface area contributed by atoms with Gasteiger partial charge >= 0.3 is 0 Å². The van der Waals surface area contributed by atoms with Crippen molar-refractivity contribution >= 4 is 0 Å². The molecule has 0 bridgehead atoms. The average molecular weight is 287 g/mol. The normalized spacial score (nSPS) is 13.9. The molecule has 112 valence electrons. The highest BCUT2D eigenvalue weighted by atomic mass is 19.1. The van der Waals surface area contributed by atoms with Gasteiger partial charge in [-0.3, -0.25) is 0 Å². The van der Waals surface area contributed by atoms with Gasteiger partial charge in [0.2, 0.25) is 0 Å². The Hall–Kier alpha value is -1.87. The first kappa shape index (κ1) is 15.5. The fraction of sp³-hybridized carbons (Fsp3) is 0.333. The Morgan fingerprint density at radius 1 is 1.14 bits per heavy atom. The van der Waals surface area contributed by atoms with Crippen LogP contribution in [0.4, 0.5) is 4.39 Å². The topological polar surface area (TPSA) is 32.3 Å². The van der Waals surface area contributed by atoms with E-state index in [1.54, 1.807) is 6.07 Å². The molecular formula is C18H22FNO. The molecule has 3 heteroatoms. The van der Waals surface area contributed by atoms with E-state index in [-0.39, 0.29) is 17.8 Å². The summed E-state index contributed by atoms with van der Waals surface area (Å²) < 4.78 is 13.1. The summed E-state index contributed by atoms with van der Waals surface area (Å²) in [6.45, 7) is 6.16. The third-order valence-electron chi connectivity index (χ3n) is 3.80. The van der Waals surface area contributed by atoms with E-state index in [0.717, 1.165) is 12.5 Å². The highest BCUT2D eigenvalue weighted by molar-refractivity contribution is 5.35. The van der Waals surface area contributed by atoms with Crippen LogP contribution >= 0.6 is 0 Å². The van der Waals surface area contributed by atoms with Gasteiger partial charge in [-0.15, -0.1) is 0 Å². The molecule has 2 rings (SSSR count). The minimum atomic E-state index is -0.422. The fourth-order valence-corrected chi connectivity index (χ4v) is 2.52. The molecule has 0 amide bonds. The Bertz CT molecular complexity index is 595. The number of aromatic hydroxyl groups is 1. The average Bonchev–Trinajstić information content (AvgIpc) is 2.45. The molecule has 0 aliphatic heterocycles. The zero-order valence-electron chi connectivity index (χ0n) is 12.7. The second-order valence-corrected chi connectivity index (χ2v) is 5.46. The molecule has 21 heavy (non-hydrogen) atoms. The zero-order chi connectivity index (χ0) is 15.4. The highest BCUT2D eigenvalue weighted by Gasteiger charge is 2.16. The van der Waals surface area contributed by atoms with E-state index < -0.39 is 5.82 Å². The van der Waals surface area contributed by atoms with Crippen LogP contribution in [-0.2, 0) is 0 Å². The third-order valence-corrected chi connectivity index (χ3v) is 3.80. The van der Waals surface area contributed by atoms with Crippen LogP contribution in [0.1, 0.15) is 49.0 Å². The Balaban J connectivity index is 2.15. The minimum absolute atomic E-state index is 0.00578. The van der Waals surface area contributed by atoms with Crippen LogP contribution in [0.3, 0.4) is 0 Å². The molecule has 0 aliphatic rings. The largest absolute Gasteiger partial charge is 0.508 e. The van der Waals surface area contributed by atoms with Gasteiger partial charge in [0.1, 0.15) is 11.6 Å². The van der Waals surface area contributed by atoms with Crippen molar-refractivity contribution in [3.8, 4) is 5.75 Å². The molecule has 0 saturated heterocycles. The molecule has 2 N–H and O–H groups in total. The first-order valence-corrected chi connectivity index (χ1v) is 7.32. The lowest BCUT2D eigenvalue weighted by atomic mass is 10.00. The molecule has 0 aliphatic carbocycles. The Labute approximate surface area is 125 Å². The van der Waals surface area contributed by atoms with E-state index in [4.69, 9.17) is 0 Å². The van der Waals surface area contributed by atoms with E-state index in [1.807, 2.05) is 6.92 Å². The zero-order valence-corrected chi connectivity index (χ0v) is 12.7. The molecule has 0 radical (unpaired) electrons. The van der Waals surface area contributed by atoms with Gasteiger partial charge in [0, 0.05) is 23.7 Å². The maximum absolute atomic E-state index is 13.1. The van der Waals surface area contributed by atoms with E-state index in [9.17, 15) is 9.50 Å². The number of phenols is 1. The molecule has 2 nitrogen and oxygen atoms in total. The number of phenolic OH excluding ortho intramolecular Hbond substituents is 1. The van der Waals surface area contributed by atoms with Gasteiger partial charge in [-0.25, -0.2) is 4.39 Å². The van der Waals surface area contributed by atoms with Crippen molar-refractivity contribution in [3.05, 3.63) is 65.0 Å². The van der Waals surface area contributed by atoms with Gasteiger partial charge in [-0.2, -0.15) is 0 Å². The number of benzene rings is 2. The molecule has 0 heterocycles. The van der Waals surface area contributed by atoms with E-state index >= 15 is 0 Å². The van der Waals surface area contributed by atoms with Crippen LogP contribution in [0.15, 0.2) is 42.5 Å². The highest BCUT2D eigenvalue weighted by Crippen LogP contribution is 2.28. The minimum Gasteiger partial charge on any atom is -0.508 e. The number of hydrogen-bond donors (Lipinski definition) is 2. The molecule has 2 aromatic carbocycles. The fourth-order valence-electron chi connectivity index (χ4n) is 2.52. The summed E-state index contributed by atoms with van der Waals surface area (Å²) in [6, 6.07) is 12.7. The van der Waals surface area contributed by atoms with Gasteiger partial charge in [-0.1, -0.05) is 42.8 Å². The lowest BCUT2D eigenvalue weighted by Gasteiger charge is -2.23. The summed E-state index contributed by atoms with van der Waals surface area (Å²) in [5, 5.41) is 13.4. The lowest BCUT2D eigenvalue weighted by Crippen LogP contribution is -2.24. The molecular weight excluding hydrogens is 265 g/mol. The maximum Gasteiger partial charge on any atom is 0.126 e. The summed E-state index contributed by atoms with van der Waals surface area (Å²) in [6.07, 6.45) is 0.940. The van der Waals surface area contributed by atoms with Crippen molar-refractivity contribution in [3.63, 3.8) is 0 Å². The summed E-state index contributed by atoms with van der Waals surface area (Å²) in [4.78, 5) is 0. The van der Waals surface area contributed by atoms with Crippen molar-refractivity contribution in [2.75, 3.05) is 0 Å². The van der Waals surface area contributed by atoms with Crippen molar-refractivity contribution < 1.29 is 9.50 Å². The molecule has 0 fully saturated rings. The molecule has 0 spiro atoms. The predicted octanol–water partition coefficient (Wildman–Crippen LogP) is 4.64. The SMILES string of the molecule is CCC(NC(C)c1ccc(F)cc1O)c1ccc(C)cc1. The molecule has 2 unspecified atom stereocenters. The monoisotopic (exact) mass is 287 g/mol. The van der Waals surface area contributed by atoms with Crippen LogP contribution in [0.2, 0.25) is 0 Å². The Morgan fingerprint density at radius 2 is 1.81 bits per heavy atom. The van der Waals surface area contributed by atoms with Crippen LogP contribution < -0.4 is 5.32 Å². The number of hydrogen-bond acceptors (Lipinski definition) is 2. The van der Waals surface area contributed by atoms with Crippen molar-refractivity contribution in [1.29, 1.82) is 0 Å². The summed E-state index contributed by atoms with van der Waals surface area (Å²) in [5.74, 6) is -0.428. The van der Waals surface area contributed by atoms with Gasteiger partial charge in [0.05, 0.1) is 0 Å². The number of halogens is 1. The second kappa shape index (κ2) is 6.72. The molecule has 2 atom stereocenters. The van der Waals surface area contributed by atoms with Crippen LogP contribution in [0.5, 0.6) is 5.75 Å². The van der Waals surface area contributed by atoms with Gasteiger partial charge in [-0.05, 0) is 31.9 Å². The summed E-state index contributed by atoms with van der Waals surface area (Å²) in [7, 11) is 0. The predicted molar refractivity (Wildman–Crippen MR) is 83.8 cm³/mol.